The molecular weight excluding hydrogens is 332 g/mol. The zero-order valence-corrected chi connectivity index (χ0v) is 16.7. The maximum absolute atomic E-state index is 2.74. The van der Waals surface area contributed by atoms with Crippen LogP contribution in [-0.2, 0) is 6.54 Å². The van der Waals surface area contributed by atoms with Crippen LogP contribution in [0.15, 0.2) is 30.5 Å². The summed E-state index contributed by atoms with van der Waals surface area (Å²) in [5.74, 6) is 0. The Morgan fingerprint density at radius 3 is 2.22 bits per heavy atom. The van der Waals surface area contributed by atoms with Crippen molar-refractivity contribution >= 4 is 10.9 Å². The molecule has 0 unspecified atom stereocenters. The zero-order chi connectivity index (χ0) is 18.1. The average Bonchev–Trinajstić information content (AvgIpc) is 2.83. The summed E-state index contributed by atoms with van der Waals surface area (Å²) < 4.78 is 2.47. The average molecular weight is 367 g/mol. The van der Waals surface area contributed by atoms with Gasteiger partial charge in [-0.2, -0.15) is 0 Å². The Morgan fingerprint density at radius 1 is 0.778 bits per heavy atom. The van der Waals surface area contributed by atoms with E-state index in [0.717, 1.165) is 12.6 Å². The molecule has 2 aliphatic heterocycles. The Balaban J connectivity index is 1.32. The largest absolute Gasteiger partial charge is 0.313 e. The predicted molar refractivity (Wildman–Crippen MR) is 113 cm³/mol. The highest BCUT2D eigenvalue weighted by Crippen LogP contribution is 2.27. The maximum Gasteiger partial charge on any atom is 0.0698 e. The molecule has 1 aliphatic carbocycles. The number of piperazine rings is 1. The second-order valence-corrected chi connectivity index (χ2v) is 8.78. The molecule has 1 aromatic heterocycles. The van der Waals surface area contributed by atoms with Gasteiger partial charge in [0.05, 0.1) is 5.52 Å². The number of rotatable bonds is 4. The first kappa shape index (κ1) is 17.6. The van der Waals surface area contributed by atoms with Crippen LogP contribution in [0.3, 0.4) is 0 Å². The van der Waals surface area contributed by atoms with Gasteiger partial charge in [0.2, 0.25) is 0 Å². The summed E-state index contributed by atoms with van der Waals surface area (Å²) in [5.41, 5.74) is 2.90. The fourth-order valence-corrected chi connectivity index (χ4v) is 5.14. The number of nitrogens with zero attached hydrogens (tertiary/aromatic N) is 4. The lowest BCUT2D eigenvalue weighted by atomic mass is 9.91. The minimum Gasteiger partial charge on any atom is -0.313 e. The van der Waals surface area contributed by atoms with Crippen molar-refractivity contribution in [2.24, 2.45) is 0 Å². The maximum atomic E-state index is 2.74. The first-order chi connectivity index (χ1) is 13.4. The number of aromatic nitrogens is 1. The Bertz CT molecular complexity index is 747. The molecule has 0 N–H and O–H groups in total. The predicted octanol–water partition coefficient (Wildman–Crippen LogP) is 3.82. The van der Waals surface area contributed by atoms with Crippen molar-refractivity contribution in [2.75, 3.05) is 44.3 Å². The second kappa shape index (κ2) is 7.84. The molecule has 3 aliphatic rings. The Hall–Kier alpha value is -1.52. The number of para-hydroxylation sites is 1. The number of benzene rings is 1. The molecule has 0 amide bonds. The van der Waals surface area contributed by atoms with Crippen molar-refractivity contribution in [2.45, 2.75) is 57.5 Å². The van der Waals surface area contributed by atoms with Crippen LogP contribution >= 0.6 is 0 Å². The first-order valence-corrected chi connectivity index (χ1v) is 11.2. The molecule has 146 valence electrons. The summed E-state index contributed by atoms with van der Waals surface area (Å²) >= 11 is 0. The SMILES string of the molecule is c1ccc2c(c1)c(CN1CCN(C3CCC3)CC1)cn2N1CCCCCC1. The molecule has 4 nitrogen and oxygen atoms in total. The minimum atomic E-state index is 0.900. The molecule has 4 heteroatoms. The Labute approximate surface area is 163 Å². The molecule has 2 saturated heterocycles. The summed E-state index contributed by atoms with van der Waals surface area (Å²) in [4.78, 5) is 5.41. The highest BCUT2D eigenvalue weighted by molar-refractivity contribution is 5.84. The van der Waals surface area contributed by atoms with Crippen molar-refractivity contribution in [3.63, 3.8) is 0 Å². The minimum absolute atomic E-state index is 0.900. The topological polar surface area (TPSA) is 14.7 Å². The third kappa shape index (κ3) is 3.62. The van der Waals surface area contributed by atoms with E-state index >= 15 is 0 Å². The first-order valence-electron chi connectivity index (χ1n) is 11.2. The highest BCUT2D eigenvalue weighted by Gasteiger charge is 2.28. The lowest BCUT2D eigenvalue weighted by Crippen LogP contribution is -2.51. The van der Waals surface area contributed by atoms with Crippen LogP contribution in [0.2, 0.25) is 0 Å². The summed E-state index contributed by atoms with van der Waals surface area (Å²) in [7, 11) is 0. The fourth-order valence-electron chi connectivity index (χ4n) is 5.14. The van der Waals surface area contributed by atoms with E-state index in [0.29, 0.717) is 0 Å². The molecule has 0 spiro atoms. The van der Waals surface area contributed by atoms with E-state index in [1.54, 1.807) is 0 Å². The number of hydrogen-bond acceptors (Lipinski definition) is 3. The van der Waals surface area contributed by atoms with E-state index in [-0.39, 0.29) is 0 Å². The van der Waals surface area contributed by atoms with Crippen LogP contribution in [0.25, 0.3) is 10.9 Å². The van der Waals surface area contributed by atoms with Crippen LogP contribution in [0.4, 0.5) is 0 Å². The van der Waals surface area contributed by atoms with Gasteiger partial charge in [-0.05, 0) is 37.3 Å². The Morgan fingerprint density at radius 2 is 1.52 bits per heavy atom. The van der Waals surface area contributed by atoms with E-state index in [4.69, 9.17) is 0 Å². The van der Waals surface area contributed by atoms with Gasteiger partial charge in [-0.25, -0.2) is 0 Å². The van der Waals surface area contributed by atoms with Crippen molar-refractivity contribution < 1.29 is 0 Å². The summed E-state index contributed by atoms with van der Waals surface area (Å²) in [6, 6.07) is 9.92. The van der Waals surface area contributed by atoms with E-state index in [9.17, 15) is 0 Å². The van der Waals surface area contributed by atoms with Crippen LogP contribution < -0.4 is 5.01 Å². The molecule has 0 radical (unpaired) electrons. The standard InChI is InChI=1S/C23H34N4/c1-2-6-13-26(12-5-1)27-19-20(22-10-3-4-11-23(22)27)18-24-14-16-25(17-15-24)21-8-7-9-21/h3-4,10-11,19,21H,1-2,5-9,12-18H2. The van der Waals surface area contributed by atoms with Crippen LogP contribution in [0.1, 0.15) is 50.5 Å². The van der Waals surface area contributed by atoms with Crippen molar-refractivity contribution in [1.29, 1.82) is 0 Å². The van der Waals surface area contributed by atoms with Crippen LogP contribution in [0, 0.1) is 0 Å². The van der Waals surface area contributed by atoms with Gasteiger partial charge in [-0.1, -0.05) is 37.5 Å². The quantitative estimate of drug-likeness (QED) is 0.817. The fraction of sp³-hybridized carbons (Fsp3) is 0.652. The highest BCUT2D eigenvalue weighted by atomic mass is 15.5. The molecule has 5 rings (SSSR count). The molecule has 1 saturated carbocycles. The van der Waals surface area contributed by atoms with E-state index in [1.807, 2.05) is 0 Å². The number of hydrogen-bond donors (Lipinski definition) is 0. The lowest BCUT2D eigenvalue weighted by Gasteiger charge is -2.43. The van der Waals surface area contributed by atoms with E-state index in [2.05, 4.69) is 49.9 Å². The van der Waals surface area contributed by atoms with Gasteiger partial charge in [0, 0.05) is 63.4 Å². The molecule has 2 aromatic rings. The second-order valence-electron chi connectivity index (χ2n) is 8.78. The van der Waals surface area contributed by atoms with Gasteiger partial charge in [0.1, 0.15) is 0 Å². The molecule has 0 atom stereocenters. The normalized spacial score (nSPS) is 23.5. The molecule has 0 bridgehead atoms. The van der Waals surface area contributed by atoms with Gasteiger partial charge < -0.3 is 5.01 Å². The van der Waals surface area contributed by atoms with Gasteiger partial charge in [0.15, 0.2) is 0 Å². The molecule has 3 heterocycles. The molecule has 27 heavy (non-hydrogen) atoms. The molecular formula is C23H34N4. The van der Waals surface area contributed by atoms with Gasteiger partial charge >= 0.3 is 0 Å². The third-order valence-electron chi connectivity index (χ3n) is 7.05. The lowest BCUT2D eigenvalue weighted by molar-refractivity contribution is 0.0589. The zero-order valence-electron chi connectivity index (χ0n) is 16.7. The molecule has 3 fully saturated rings. The summed E-state index contributed by atoms with van der Waals surface area (Å²) in [5, 5.41) is 4.02. The van der Waals surface area contributed by atoms with Gasteiger partial charge in [-0.15, -0.1) is 0 Å². The summed E-state index contributed by atoms with van der Waals surface area (Å²) in [6.45, 7) is 8.44. The van der Waals surface area contributed by atoms with Crippen LogP contribution in [0.5, 0.6) is 0 Å². The Kier molecular flexibility index (Phi) is 5.10. The summed E-state index contributed by atoms with van der Waals surface area (Å²) in [6.07, 6.45) is 12.2. The van der Waals surface area contributed by atoms with E-state index < -0.39 is 0 Å². The van der Waals surface area contributed by atoms with Crippen LogP contribution in [-0.4, -0.2) is 59.8 Å². The van der Waals surface area contributed by atoms with Gasteiger partial charge in [0.25, 0.3) is 0 Å². The van der Waals surface area contributed by atoms with Crippen molar-refractivity contribution in [3.05, 3.63) is 36.0 Å². The smallest absolute Gasteiger partial charge is 0.0698 e. The van der Waals surface area contributed by atoms with Crippen molar-refractivity contribution in [1.82, 2.24) is 14.5 Å². The monoisotopic (exact) mass is 366 g/mol. The number of fused-ring (bicyclic) bond motifs is 1. The molecule has 1 aromatic carbocycles. The van der Waals surface area contributed by atoms with E-state index in [1.165, 1.54) is 101 Å². The van der Waals surface area contributed by atoms with Gasteiger partial charge in [-0.3, -0.25) is 14.5 Å². The third-order valence-corrected chi connectivity index (χ3v) is 7.05. The van der Waals surface area contributed by atoms with Crippen molar-refractivity contribution in [3.8, 4) is 0 Å².